The summed E-state index contributed by atoms with van der Waals surface area (Å²) in [6, 6.07) is 7.12. The Morgan fingerprint density at radius 1 is 1.33 bits per heavy atom. The van der Waals surface area contributed by atoms with Crippen molar-refractivity contribution >= 4 is 5.91 Å². The van der Waals surface area contributed by atoms with Gasteiger partial charge >= 0.3 is 0 Å². The van der Waals surface area contributed by atoms with Crippen LogP contribution in [0.2, 0.25) is 0 Å². The second-order valence-electron chi connectivity index (χ2n) is 5.94. The molecule has 1 aromatic heterocycles. The molecule has 0 fully saturated rings. The zero-order valence-electron chi connectivity index (χ0n) is 14.6. The summed E-state index contributed by atoms with van der Waals surface area (Å²) >= 11 is 0. The molecule has 24 heavy (non-hydrogen) atoms. The van der Waals surface area contributed by atoms with E-state index in [1.165, 1.54) is 0 Å². The second kappa shape index (κ2) is 7.97. The monoisotopic (exact) mass is 331 g/mol. The minimum absolute atomic E-state index is 0.139. The van der Waals surface area contributed by atoms with E-state index in [0.29, 0.717) is 12.1 Å². The number of aryl methyl sites for hydroxylation is 1. The van der Waals surface area contributed by atoms with Gasteiger partial charge in [0.15, 0.2) is 0 Å². The van der Waals surface area contributed by atoms with E-state index in [4.69, 9.17) is 4.74 Å². The molecule has 0 spiro atoms. The number of rotatable bonds is 7. The zero-order chi connectivity index (χ0) is 17.7. The Hall–Kier alpha value is -2.34. The fraction of sp³-hybridized carbons (Fsp3) is 0.444. The Morgan fingerprint density at radius 2 is 2.00 bits per heavy atom. The summed E-state index contributed by atoms with van der Waals surface area (Å²) in [7, 11) is 1.59. The topological polar surface area (TPSA) is 76.4 Å². The second-order valence-corrected chi connectivity index (χ2v) is 5.94. The minimum Gasteiger partial charge on any atom is -0.497 e. The van der Waals surface area contributed by atoms with Crippen LogP contribution in [0.4, 0.5) is 0 Å². The fourth-order valence-electron chi connectivity index (χ4n) is 2.43. The number of carbonyl (C=O) groups is 1. The smallest absolute Gasteiger partial charge is 0.254 e. The van der Waals surface area contributed by atoms with Gasteiger partial charge in [-0.25, -0.2) is 0 Å². The molecule has 0 radical (unpaired) electrons. The van der Waals surface area contributed by atoms with Gasteiger partial charge in [0.1, 0.15) is 5.75 Å². The Kier molecular flexibility index (Phi) is 5.98. The van der Waals surface area contributed by atoms with Gasteiger partial charge < -0.3 is 15.2 Å². The van der Waals surface area contributed by atoms with Crippen LogP contribution in [0.5, 0.6) is 5.75 Å². The van der Waals surface area contributed by atoms with E-state index in [9.17, 15) is 9.90 Å². The Labute approximate surface area is 142 Å². The third-order valence-corrected chi connectivity index (χ3v) is 3.86. The molecule has 1 aromatic carbocycles. The van der Waals surface area contributed by atoms with Gasteiger partial charge in [-0.15, -0.1) is 0 Å². The molecule has 0 aliphatic carbocycles. The first-order valence-electron chi connectivity index (χ1n) is 8.13. The van der Waals surface area contributed by atoms with E-state index in [2.05, 4.69) is 10.4 Å². The largest absolute Gasteiger partial charge is 0.497 e. The van der Waals surface area contributed by atoms with Gasteiger partial charge in [0, 0.05) is 19.3 Å². The number of aliphatic hydroxyl groups excluding tert-OH is 1. The molecule has 1 amide bonds. The molecule has 2 aromatic rings. The lowest BCUT2D eigenvalue weighted by atomic mass is 10.1. The average Bonchev–Trinajstić information content (AvgIpc) is 3.04. The Morgan fingerprint density at radius 3 is 2.54 bits per heavy atom. The first kappa shape index (κ1) is 18.0. The van der Waals surface area contributed by atoms with Crippen molar-refractivity contribution in [2.45, 2.75) is 39.3 Å². The number of aromatic nitrogens is 2. The zero-order valence-corrected chi connectivity index (χ0v) is 14.6. The van der Waals surface area contributed by atoms with Crippen LogP contribution in [0.1, 0.15) is 54.4 Å². The van der Waals surface area contributed by atoms with Crippen molar-refractivity contribution in [1.82, 2.24) is 15.1 Å². The van der Waals surface area contributed by atoms with Crippen LogP contribution >= 0.6 is 0 Å². The number of methoxy groups -OCH3 is 1. The van der Waals surface area contributed by atoms with Crippen LogP contribution in [0.3, 0.4) is 0 Å². The van der Waals surface area contributed by atoms with Gasteiger partial charge in [0.25, 0.3) is 5.91 Å². The normalized spacial score (nSPS) is 12.2. The lowest BCUT2D eigenvalue weighted by molar-refractivity contribution is 0.0915. The molecule has 2 rings (SSSR count). The van der Waals surface area contributed by atoms with Gasteiger partial charge in [-0.3, -0.25) is 9.48 Å². The predicted molar refractivity (Wildman–Crippen MR) is 92.3 cm³/mol. The number of carbonyl (C=O) groups excluding carboxylic acids is 1. The summed E-state index contributed by atoms with van der Waals surface area (Å²) in [5.41, 5.74) is 2.06. The standard InChI is InChI=1S/C18H25N3O3/c1-5-21-11-15(17(20-21)12(2)3)18(23)19-10-16(22)13-6-8-14(24-4)9-7-13/h6-9,11-12,16,22H,5,10H2,1-4H3,(H,19,23). The third-order valence-electron chi connectivity index (χ3n) is 3.86. The van der Waals surface area contributed by atoms with Gasteiger partial charge in [0.05, 0.1) is 24.5 Å². The number of nitrogens with one attached hydrogen (secondary N) is 1. The number of nitrogens with zero attached hydrogens (tertiary/aromatic N) is 2. The van der Waals surface area contributed by atoms with Gasteiger partial charge in [0.2, 0.25) is 0 Å². The maximum atomic E-state index is 12.4. The van der Waals surface area contributed by atoms with Crippen LogP contribution in [0, 0.1) is 0 Å². The van der Waals surface area contributed by atoms with Gasteiger partial charge in [-0.05, 0) is 30.5 Å². The van der Waals surface area contributed by atoms with E-state index >= 15 is 0 Å². The first-order chi connectivity index (χ1) is 11.5. The Balaban J connectivity index is 2.03. The fourth-order valence-corrected chi connectivity index (χ4v) is 2.43. The first-order valence-corrected chi connectivity index (χ1v) is 8.13. The number of ether oxygens (including phenoxy) is 1. The molecule has 6 heteroatoms. The lowest BCUT2D eigenvalue weighted by Crippen LogP contribution is -2.29. The van der Waals surface area contributed by atoms with Crippen molar-refractivity contribution in [2.24, 2.45) is 0 Å². The molecule has 130 valence electrons. The van der Waals surface area contributed by atoms with E-state index in [1.54, 1.807) is 42.3 Å². The summed E-state index contributed by atoms with van der Waals surface area (Å²) in [4.78, 5) is 12.4. The maximum absolute atomic E-state index is 12.4. The SMILES string of the molecule is CCn1cc(C(=O)NCC(O)c2ccc(OC)cc2)c(C(C)C)n1. The number of hydrogen-bond donors (Lipinski definition) is 2. The average molecular weight is 331 g/mol. The summed E-state index contributed by atoms with van der Waals surface area (Å²) in [5, 5.41) is 17.5. The van der Waals surface area contributed by atoms with Crippen molar-refractivity contribution < 1.29 is 14.6 Å². The minimum atomic E-state index is -0.774. The summed E-state index contributed by atoms with van der Waals surface area (Å²) in [6.45, 7) is 6.84. The van der Waals surface area contributed by atoms with Crippen LogP contribution in [-0.2, 0) is 6.54 Å². The highest BCUT2D eigenvalue weighted by Gasteiger charge is 2.19. The van der Waals surface area contributed by atoms with Crippen molar-refractivity contribution in [3.63, 3.8) is 0 Å². The number of hydrogen-bond acceptors (Lipinski definition) is 4. The number of aliphatic hydroxyl groups is 1. The molecular weight excluding hydrogens is 306 g/mol. The van der Waals surface area contributed by atoms with Gasteiger partial charge in [-0.2, -0.15) is 5.10 Å². The molecule has 1 atom stereocenters. The predicted octanol–water partition coefficient (Wildman–Crippen LogP) is 2.50. The van der Waals surface area contributed by atoms with Gasteiger partial charge in [-0.1, -0.05) is 26.0 Å². The summed E-state index contributed by atoms with van der Waals surface area (Å²) in [6.07, 6.45) is 0.980. The van der Waals surface area contributed by atoms with E-state index < -0.39 is 6.10 Å². The van der Waals surface area contributed by atoms with Crippen molar-refractivity contribution in [2.75, 3.05) is 13.7 Å². The molecule has 1 heterocycles. The van der Waals surface area contributed by atoms with Crippen molar-refractivity contribution in [1.29, 1.82) is 0 Å². The summed E-state index contributed by atoms with van der Waals surface area (Å²) < 4.78 is 6.85. The summed E-state index contributed by atoms with van der Waals surface area (Å²) in [5.74, 6) is 0.666. The molecule has 0 saturated carbocycles. The van der Waals surface area contributed by atoms with Crippen LogP contribution in [0.15, 0.2) is 30.5 Å². The molecule has 0 saturated heterocycles. The molecule has 1 unspecified atom stereocenters. The highest BCUT2D eigenvalue weighted by Crippen LogP contribution is 2.19. The van der Waals surface area contributed by atoms with Crippen LogP contribution in [-0.4, -0.2) is 34.4 Å². The molecular formula is C18H25N3O3. The van der Waals surface area contributed by atoms with Crippen molar-refractivity contribution in [3.05, 3.63) is 47.3 Å². The maximum Gasteiger partial charge on any atom is 0.254 e. The van der Waals surface area contributed by atoms with E-state index in [0.717, 1.165) is 17.0 Å². The number of benzene rings is 1. The molecule has 0 aliphatic rings. The highest BCUT2D eigenvalue weighted by molar-refractivity contribution is 5.95. The van der Waals surface area contributed by atoms with E-state index in [-0.39, 0.29) is 18.4 Å². The highest BCUT2D eigenvalue weighted by atomic mass is 16.5. The number of amides is 1. The molecule has 6 nitrogen and oxygen atoms in total. The quantitative estimate of drug-likeness (QED) is 0.817. The van der Waals surface area contributed by atoms with Crippen LogP contribution in [0.25, 0.3) is 0 Å². The van der Waals surface area contributed by atoms with Crippen molar-refractivity contribution in [3.8, 4) is 5.75 Å². The lowest BCUT2D eigenvalue weighted by Gasteiger charge is -2.13. The molecule has 0 bridgehead atoms. The van der Waals surface area contributed by atoms with Crippen LogP contribution < -0.4 is 10.1 Å². The molecule has 0 aliphatic heterocycles. The third kappa shape index (κ3) is 4.14. The molecule has 2 N–H and O–H groups in total. The van der Waals surface area contributed by atoms with E-state index in [1.807, 2.05) is 20.8 Å². The Bertz CT molecular complexity index is 677.